The molecule has 0 saturated heterocycles. The van der Waals surface area contributed by atoms with Crippen LogP contribution in [0.4, 0.5) is 0 Å². The van der Waals surface area contributed by atoms with Gasteiger partial charge in [-0.1, -0.05) is 13.8 Å². The number of carboxylic acids is 1. The van der Waals surface area contributed by atoms with Gasteiger partial charge in [0.25, 0.3) is 0 Å². The van der Waals surface area contributed by atoms with Crippen molar-refractivity contribution in [2.75, 3.05) is 6.54 Å². The molecule has 0 fully saturated rings. The molecule has 0 heterocycles. The molecule has 10 heavy (non-hydrogen) atoms. The number of hydrogen-bond acceptors (Lipinski definition) is 2. The lowest BCUT2D eigenvalue weighted by Crippen LogP contribution is -2.36. The Morgan fingerprint density at radius 1 is 1.60 bits per heavy atom. The van der Waals surface area contributed by atoms with Crippen LogP contribution in [0.25, 0.3) is 0 Å². The van der Waals surface area contributed by atoms with Crippen LogP contribution in [0.3, 0.4) is 0 Å². The van der Waals surface area contributed by atoms with Gasteiger partial charge in [0.15, 0.2) is 0 Å². The molecule has 0 aromatic heterocycles. The zero-order chi connectivity index (χ0) is 7.98. The van der Waals surface area contributed by atoms with E-state index in [2.05, 4.69) is 5.32 Å². The minimum Gasteiger partial charge on any atom is -0.480 e. The second-order valence-corrected chi connectivity index (χ2v) is 2.25. The van der Waals surface area contributed by atoms with Crippen LogP contribution in [-0.4, -0.2) is 23.7 Å². The van der Waals surface area contributed by atoms with E-state index in [9.17, 15) is 4.79 Å². The summed E-state index contributed by atoms with van der Waals surface area (Å²) in [5.74, 6) is -0.754. The molecule has 60 valence electrons. The van der Waals surface area contributed by atoms with E-state index in [1.165, 1.54) is 0 Å². The van der Waals surface area contributed by atoms with Crippen molar-refractivity contribution in [1.29, 1.82) is 0 Å². The van der Waals surface area contributed by atoms with Crippen LogP contribution in [0.15, 0.2) is 0 Å². The van der Waals surface area contributed by atoms with E-state index < -0.39 is 5.97 Å². The summed E-state index contributed by atoms with van der Waals surface area (Å²) in [5, 5.41) is 11.5. The summed E-state index contributed by atoms with van der Waals surface area (Å²) in [6, 6.07) is -0.361. The Morgan fingerprint density at radius 3 is 2.50 bits per heavy atom. The van der Waals surface area contributed by atoms with Crippen LogP contribution in [0, 0.1) is 0 Å². The largest absolute Gasteiger partial charge is 0.480 e. The van der Waals surface area contributed by atoms with E-state index in [0.29, 0.717) is 6.42 Å². The lowest BCUT2D eigenvalue weighted by Gasteiger charge is -2.09. The Bertz CT molecular complexity index is 104. The summed E-state index contributed by atoms with van der Waals surface area (Å²) in [7, 11) is 0. The van der Waals surface area contributed by atoms with Crippen molar-refractivity contribution in [2.45, 2.75) is 32.7 Å². The summed E-state index contributed by atoms with van der Waals surface area (Å²) in [6.07, 6.45) is 1.62. The van der Waals surface area contributed by atoms with Gasteiger partial charge in [0.05, 0.1) is 0 Å². The fourth-order valence-corrected chi connectivity index (χ4v) is 0.725. The highest BCUT2D eigenvalue weighted by atomic mass is 16.4. The van der Waals surface area contributed by atoms with Crippen LogP contribution in [-0.2, 0) is 4.79 Å². The Balaban J connectivity index is 3.50. The molecule has 0 unspecified atom stereocenters. The number of nitrogens with one attached hydrogen (secondary N) is 1. The number of hydrogen-bond donors (Lipinski definition) is 2. The number of rotatable bonds is 5. The highest BCUT2D eigenvalue weighted by Gasteiger charge is 2.11. The predicted octanol–water partition coefficient (Wildman–Crippen LogP) is 0.849. The van der Waals surface area contributed by atoms with Crippen LogP contribution in [0.2, 0.25) is 0 Å². The molecular formula is C7H15NO2. The molecule has 1 atom stereocenters. The fourth-order valence-electron chi connectivity index (χ4n) is 0.725. The van der Waals surface area contributed by atoms with Gasteiger partial charge < -0.3 is 10.4 Å². The van der Waals surface area contributed by atoms with E-state index in [4.69, 9.17) is 5.11 Å². The molecule has 0 aliphatic carbocycles. The lowest BCUT2D eigenvalue weighted by molar-refractivity contribution is -0.139. The summed E-state index contributed by atoms with van der Waals surface area (Å²) < 4.78 is 0. The number of carboxylic acid groups (broad SMARTS) is 1. The van der Waals surface area contributed by atoms with Gasteiger partial charge in [-0.05, 0) is 19.4 Å². The second kappa shape index (κ2) is 5.23. The molecule has 0 radical (unpaired) electrons. The van der Waals surface area contributed by atoms with E-state index in [1.54, 1.807) is 0 Å². The van der Waals surface area contributed by atoms with Crippen molar-refractivity contribution in [2.24, 2.45) is 0 Å². The third kappa shape index (κ3) is 3.45. The first-order chi connectivity index (χ1) is 4.72. The zero-order valence-electron chi connectivity index (χ0n) is 6.55. The van der Waals surface area contributed by atoms with E-state index in [0.717, 1.165) is 13.0 Å². The zero-order valence-corrected chi connectivity index (χ0v) is 6.55. The Kier molecular flexibility index (Phi) is 4.94. The fraction of sp³-hybridized carbons (Fsp3) is 0.857. The van der Waals surface area contributed by atoms with E-state index >= 15 is 0 Å². The topological polar surface area (TPSA) is 49.3 Å². The van der Waals surface area contributed by atoms with Crippen molar-refractivity contribution in [1.82, 2.24) is 5.32 Å². The molecule has 0 bridgehead atoms. The first-order valence-electron chi connectivity index (χ1n) is 3.68. The first-order valence-corrected chi connectivity index (χ1v) is 3.68. The Hall–Kier alpha value is -0.570. The molecule has 0 rings (SSSR count). The van der Waals surface area contributed by atoms with Crippen molar-refractivity contribution in [3.8, 4) is 0 Å². The average molecular weight is 145 g/mol. The predicted molar refractivity (Wildman–Crippen MR) is 40.0 cm³/mol. The van der Waals surface area contributed by atoms with E-state index in [1.807, 2.05) is 13.8 Å². The Morgan fingerprint density at radius 2 is 2.20 bits per heavy atom. The van der Waals surface area contributed by atoms with Crippen LogP contribution in [0.1, 0.15) is 26.7 Å². The monoisotopic (exact) mass is 145 g/mol. The summed E-state index contributed by atoms with van der Waals surface area (Å²) in [6.45, 7) is 4.66. The normalized spacial score (nSPS) is 13.0. The molecule has 0 amide bonds. The average Bonchev–Trinajstić information content (AvgIpc) is 1.89. The number of carbonyl (C=O) groups is 1. The maximum absolute atomic E-state index is 10.4. The maximum Gasteiger partial charge on any atom is 0.320 e. The van der Waals surface area contributed by atoms with Crippen molar-refractivity contribution in [3.05, 3.63) is 0 Å². The van der Waals surface area contributed by atoms with Gasteiger partial charge in [0.2, 0.25) is 0 Å². The standard InChI is InChI=1S/C7H15NO2/c1-3-5-8-6(4-2)7(9)10/h6,8H,3-5H2,1-2H3,(H,9,10)/t6-/m1/s1. The third-order valence-electron chi connectivity index (χ3n) is 1.35. The van der Waals surface area contributed by atoms with E-state index in [-0.39, 0.29) is 6.04 Å². The smallest absolute Gasteiger partial charge is 0.320 e. The van der Waals surface area contributed by atoms with Gasteiger partial charge in [0.1, 0.15) is 6.04 Å². The molecule has 0 saturated carbocycles. The summed E-state index contributed by atoms with van der Waals surface area (Å²) in [5.41, 5.74) is 0. The molecular weight excluding hydrogens is 130 g/mol. The van der Waals surface area contributed by atoms with Gasteiger partial charge in [-0.2, -0.15) is 0 Å². The van der Waals surface area contributed by atoms with Crippen LogP contribution in [0.5, 0.6) is 0 Å². The minimum atomic E-state index is -0.754. The SMILES string of the molecule is CCCN[C@H](CC)C(=O)O. The van der Waals surface area contributed by atoms with Gasteiger partial charge in [-0.25, -0.2) is 0 Å². The molecule has 2 N–H and O–H groups in total. The lowest BCUT2D eigenvalue weighted by atomic mass is 10.2. The molecule has 3 heteroatoms. The highest BCUT2D eigenvalue weighted by Crippen LogP contribution is 1.89. The molecule has 0 aromatic carbocycles. The van der Waals surface area contributed by atoms with Gasteiger partial charge in [-0.3, -0.25) is 4.79 Å². The van der Waals surface area contributed by atoms with Crippen LogP contribution < -0.4 is 5.32 Å². The van der Waals surface area contributed by atoms with Gasteiger partial charge >= 0.3 is 5.97 Å². The van der Waals surface area contributed by atoms with Gasteiger partial charge in [0, 0.05) is 0 Å². The first kappa shape index (κ1) is 9.43. The van der Waals surface area contributed by atoms with Crippen molar-refractivity contribution < 1.29 is 9.90 Å². The minimum absolute atomic E-state index is 0.361. The molecule has 3 nitrogen and oxygen atoms in total. The molecule has 0 aliphatic rings. The maximum atomic E-state index is 10.4. The summed E-state index contributed by atoms with van der Waals surface area (Å²) in [4.78, 5) is 10.4. The number of aliphatic carboxylic acids is 1. The van der Waals surface area contributed by atoms with Crippen molar-refractivity contribution in [3.63, 3.8) is 0 Å². The highest BCUT2D eigenvalue weighted by molar-refractivity contribution is 5.73. The third-order valence-corrected chi connectivity index (χ3v) is 1.35. The van der Waals surface area contributed by atoms with Gasteiger partial charge in [-0.15, -0.1) is 0 Å². The van der Waals surface area contributed by atoms with Crippen LogP contribution >= 0.6 is 0 Å². The second-order valence-electron chi connectivity index (χ2n) is 2.25. The van der Waals surface area contributed by atoms with Crippen molar-refractivity contribution >= 4 is 5.97 Å². The molecule has 0 spiro atoms. The Labute approximate surface area is 61.4 Å². The quantitative estimate of drug-likeness (QED) is 0.603. The molecule has 0 aliphatic heterocycles. The summed E-state index contributed by atoms with van der Waals surface area (Å²) >= 11 is 0. The molecule has 0 aromatic rings.